The van der Waals surface area contributed by atoms with Crippen molar-refractivity contribution in [3.05, 3.63) is 24.1 Å². The van der Waals surface area contributed by atoms with E-state index in [-0.39, 0.29) is 0 Å². The molecule has 1 atom stereocenters. The fourth-order valence-corrected chi connectivity index (χ4v) is 1.52. The fraction of sp³-hybridized carbons (Fsp3) is 0.417. The largest absolute Gasteiger partial charge is 0.441 e. The topological polar surface area (TPSA) is 52.0 Å². The highest BCUT2D eigenvalue weighted by molar-refractivity contribution is 5.76. The first-order valence-electron chi connectivity index (χ1n) is 5.34. The summed E-state index contributed by atoms with van der Waals surface area (Å²) in [5, 5.41) is 0. The molecule has 15 heavy (non-hydrogen) atoms. The van der Waals surface area contributed by atoms with Crippen molar-refractivity contribution in [3.63, 3.8) is 0 Å². The zero-order valence-electron chi connectivity index (χ0n) is 9.16. The van der Waals surface area contributed by atoms with Gasteiger partial charge in [-0.1, -0.05) is 20.3 Å². The van der Waals surface area contributed by atoms with Crippen molar-refractivity contribution < 1.29 is 4.42 Å². The minimum Gasteiger partial charge on any atom is -0.441 e. The summed E-state index contributed by atoms with van der Waals surface area (Å²) in [7, 11) is 0. The molecule has 1 heterocycles. The number of rotatable bonds is 3. The molecule has 2 aromatic rings. The minimum absolute atomic E-state index is 0.607. The lowest BCUT2D eigenvalue weighted by atomic mass is 10.1. The second kappa shape index (κ2) is 3.93. The number of fused-ring (bicyclic) bond motifs is 1. The van der Waals surface area contributed by atoms with Crippen LogP contribution in [0.1, 0.15) is 26.2 Å². The summed E-state index contributed by atoms with van der Waals surface area (Å²) < 4.78 is 5.63. The molecule has 1 unspecified atom stereocenters. The third-order valence-electron chi connectivity index (χ3n) is 2.68. The van der Waals surface area contributed by atoms with Gasteiger partial charge in [0.15, 0.2) is 11.5 Å². The zero-order valence-corrected chi connectivity index (χ0v) is 9.16. The summed E-state index contributed by atoms with van der Waals surface area (Å²) in [5.74, 6) is 1.42. The molecule has 1 aromatic heterocycles. The van der Waals surface area contributed by atoms with E-state index in [0.29, 0.717) is 11.6 Å². The predicted octanol–water partition coefficient (Wildman–Crippen LogP) is 3.00. The summed E-state index contributed by atoms with van der Waals surface area (Å²) in [4.78, 5) is 4.42. The van der Waals surface area contributed by atoms with E-state index in [1.165, 1.54) is 0 Å². The van der Waals surface area contributed by atoms with Crippen LogP contribution in [0.3, 0.4) is 0 Å². The molecule has 0 aliphatic rings. The van der Waals surface area contributed by atoms with Gasteiger partial charge in [0, 0.05) is 18.2 Å². The molecule has 1 aromatic carbocycles. The number of benzene rings is 1. The van der Waals surface area contributed by atoms with Crippen molar-refractivity contribution in [2.45, 2.75) is 26.7 Å². The van der Waals surface area contributed by atoms with E-state index < -0.39 is 0 Å². The summed E-state index contributed by atoms with van der Waals surface area (Å²) >= 11 is 0. The highest BCUT2D eigenvalue weighted by Crippen LogP contribution is 2.20. The molecule has 0 aliphatic heterocycles. The quantitative estimate of drug-likeness (QED) is 0.782. The van der Waals surface area contributed by atoms with Crippen LogP contribution in [-0.2, 0) is 6.42 Å². The molecule has 0 saturated heterocycles. The fourth-order valence-electron chi connectivity index (χ4n) is 1.52. The van der Waals surface area contributed by atoms with Gasteiger partial charge in [-0.15, -0.1) is 0 Å². The smallest absolute Gasteiger partial charge is 0.195 e. The van der Waals surface area contributed by atoms with Crippen molar-refractivity contribution in [1.29, 1.82) is 0 Å². The highest BCUT2D eigenvalue weighted by atomic mass is 16.3. The number of nitrogens with zero attached hydrogens (tertiary/aromatic N) is 1. The molecular formula is C12H16N2O. The molecule has 3 heteroatoms. The second-order valence-electron chi connectivity index (χ2n) is 4.05. The average Bonchev–Trinajstić information content (AvgIpc) is 2.59. The zero-order chi connectivity index (χ0) is 10.8. The normalized spacial score (nSPS) is 13.2. The number of hydrogen-bond acceptors (Lipinski definition) is 3. The van der Waals surface area contributed by atoms with Gasteiger partial charge in [0.25, 0.3) is 0 Å². The van der Waals surface area contributed by atoms with Gasteiger partial charge >= 0.3 is 0 Å². The third kappa shape index (κ3) is 2.12. The lowest BCUT2D eigenvalue weighted by Crippen LogP contribution is -1.97. The first-order valence-corrected chi connectivity index (χ1v) is 5.34. The van der Waals surface area contributed by atoms with Crippen LogP contribution in [0.15, 0.2) is 22.6 Å². The van der Waals surface area contributed by atoms with Gasteiger partial charge < -0.3 is 10.2 Å². The Morgan fingerprint density at radius 3 is 3.00 bits per heavy atom. The predicted molar refractivity (Wildman–Crippen MR) is 61.6 cm³/mol. The van der Waals surface area contributed by atoms with Crippen LogP contribution >= 0.6 is 0 Å². The van der Waals surface area contributed by atoms with Gasteiger partial charge in [0.2, 0.25) is 0 Å². The summed E-state index contributed by atoms with van der Waals surface area (Å²) in [6, 6.07) is 5.56. The van der Waals surface area contributed by atoms with Gasteiger partial charge in [-0.25, -0.2) is 4.98 Å². The molecule has 2 N–H and O–H groups in total. The maximum absolute atomic E-state index is 5.67. The summed E-state index contributed by atoms with van der Waals surface area (Å²) in [6.07, 6.45) is 2.03. The number of anilines is 1. The Morgan fingerprint density at radius 2 is 2.27 bits per heavy atom. The highest BCUT2D eigenvalue weighted by Gasteiger charge is 2.08. The van der Waals surface area contributed by atoms with Crippen molar-refractivity contribution in [1.82, 2.24) is 4.98 Å². The van der Waals surface area contributed by atoms with Crippen LogP contribution in [0.4, 0.5) is 5.69 Å². The second-order valence-corrected chi connectivity index (χ2v) is 4.05. The van der Waals surface area contributed by atoms with Gasteiger partial charge in [-0.05, 0) is 18.1 Å². The van der Waals surface area contributed by atoms with Crippen molar-refractivity contribution in [3.8, 4) is 0 Å². The summed E-state index contributed by atoms with van der Waals surface area (Å²) in [5.41, 5.74) is 8.07. The Balaban J connectivity index is 2.30. The van der Waals surface area contributed by atoms with E-state index in [9.17, 15) is 0 Å². The standard InChI is InChI=1S/C12H16N2O/c1-3-8(2)6-12-14-10-5-4-9(13)7-11(10)15-12/h4-5,7-8H,3,6,13H2,1-2H3. The molecule has 0 radical (unpaired) electrons. The molecule has 0 saturated carbocycles. The SMILES string of the molecule is CCC(C)Cc1nc2ccc(N)cc2o1. The number of hydrogen-bond donors (Lipinski definition) is 1. The number of oxazole rings is 1. The third-order valence-corrected chi connectivity index (χ3v) is 2.68. The number of nitrogens with two attached hydrogens (primary N) is 1. The van der Waals surface area contributed by atoms with Crippen LogP contribution in [0, 0.1) is 5.92 Å². The first kappa shape index (κ1) is 10.0. The van der Waals surface area contributed by atoms with Gasteiger partial charge in [0.05, 0.1) is 0 Å². The Morgan fingerprint density at radius 1 is 1.47 bits per heavy atom. The van der Waals surface area contributed by atoms with E-state index in [2.05, 4.69) is 18.8 Å². The Labute approximate surface area is 89.3 Å². The van der Waals surface area contributed by atoms with Crippen LogP contribution in [-0.4, -0.2) is 4.98 Å². The Hall–Kier alpha value is -1.51. The maximum atomic E-state index is 5.67. The molecule has 80 valence electrons. The Kier molecular flexibility index (Phi) is 2.62. The van der Waals surface area contributed by atoms with Crippen LogP contribution in [0.25, 0.3) is 11.1 Å². The van der Waals surface area contributed by atoms with E-state index in [4.69, 9.17) is 10.2 Å². The molecular weight excluding hydrogens is 188 g/mol. The minimum atomic E-state index is 0.607. The van der Waals surface area contributed by atoms with Crippen molar-refractivity contribution in [2.24, 2.45) is 5.92 Å². The van der Waals surface area contributed by atoms with Gasteiger partial charge in [-0.3, -0.25) is 0 Å². The monoisotopic (exact) mass is 204 g/mol. The van der Waals surface area contributed by atoms with Crippen molar-refractivity contribution in [2.75, 3.05) is 5.73 Å². The van der Waals surface area contributed by atoms with Gasteiger partial charge in [0.1, 0.15) is 5.52 Å². The maximum Gasteiger partial charge on any atom is 0.195 e. The van der Waals surface area contributed by atoms with Crippen molar-refractivity contribution >= 4 is 16.8 Å². The molecule has 0 amide bonds. The number of nitrogen functional groups attached to an aromatic ring is 1. The lowest BCUT2D eigenvalue weighted by molar-refractivity contribution is 0.455. The molecule has 0 aliphatic carbocycles. The first-order chi connectivity index (χ1) is 7.19. The summed E-state index contributed by atoms with van der Waals surface area (Å²) in [6.45, 7) is 4.37. The number of aromatic nitrogens is 1. The van der Waals surface area contributed by atoms with E-state index in [1.807, 2.05) is 18.2 Å². The molecule has 2 rings (SSSR count). The van der Waals surface area contributed by atoms with E-state index >= 15 is 0 Å². The van der Waals surface area contributed by atoms with Crippen LogP contribution < -0.4 is 5.73 Å². The molecule has 3 nitrogen and oxygen atoms in total. The lowest BCUT2D eigenvalue weighted by Gasteiger charge is -2.02. The van der Waals surface area contributed by atoms with Crippen LogP contribution in [0.5, 0.6) is 0 Å². The average molecular weight is 204 g/mol. The van der Waals surface area contributed by atoms with Crippen LogP contribution in [0.2, 0.25) is 0 Å². The molecule has 0 spiro atoms. The Bertz CT molecular complexity index is 462. The van der Waals surface area contributed by atoms with Gasteiger partial charge in [-0.2, -0.15) is 0 Å². The van der Waals surface area contributed by atoms with E-state index in [1.54, 1.807) is 0 Å². The molecule has 0 bridgehead atoms. The molecule has 0 fully saturated rings. The van der Waals surface area contributed by atoms with E-state index in [0.717, 1.165) is 29.8 Å².